The van der Waals surface area contributed by atoms with Crippen molar-refractivity contribution in [2.24, 2.45) is 0 Å². The molecule has 1 heterocycles. The third-order valence-electron chi connectivity index (χ3n) is 2.68. The molecule has 0 aliphatic carbocycles. The summed E-state index contributed by atoms with van der Waals surface area (Å²) in [6.45, 7) is 6.33. The number of aliphatic hydroxyl groups is 1. The second-order valence-corrected chi connectivity index (χ2v) is 6.00. The van der Waals surface area contributed by atoms with E-state index in [4.69, 9.17) is 0 Å². The van der Waals surface area contributed by atoms with E-state index in [1.807, 2.05) is 0 Å². The number of aliphatic hydroxyl groups excluding tert-OH is 1. The van der Waals surface area contributed by atoms with E-state index in [1.165, 1.54) is 33.6 Å². The number of aromatic nitrogens is 1. The average Bonchev–Trinajstić information content (AvgIpc) is 2.57. The van der Waals surface area contributed by atoms with Crippen molar-refractivity contribution in [2.75, 3.05) is 0 Å². The number of aryl methyl sites for hydroxylation is 3. The summed E-state index contributed by atoms with van der Waals surface area (Å²) in [5.74, 6) is 0. The number of hydrogen-bond acceptors (Lipinski definition) is 3. The predicted molar refractivity (Wildman–Crippen MR) is 75.4 cm³/mol. The summed E-state index contributed by atoms with van der Waals surface area (Å²) in [5.41, 5.74) is 4.91. The Balaban J connectivity index is 2.60. The normalized spacial score (nSPS) is 10.9. The number of benzene rings is 1. The molecule has 4 heteroatoms. The molecule has 0 unspecified atom stereocenters. The summed E-state index contributed by atoms with van der Waals surface area (Å²) in [6, 6.07) is 4.33. The van der Waals surface area contributed by atoms with E-state index < -0.39 is 0 Å². The highest BCUT2D eigenvalue weighted by Gasteiger charge is 2.13. The van der Waals surface area contributed by atoms with Gasteiger partial charge in [-0.15, -0.1) is 11.3 Å². The van der Waals surface area contributed by atoms with Gasteiger partial charge in [-0.3, -0.25) is 0 Å². The first kappa shape index (κ1) is 12.7. The van der Waals surface area contributed by atoms with Crippen LogP contribution in [0.5, 0.6) is 0 Å². The van der Waals surface area contributed by atoms with Crippen molar-refractivity contribution in [2.45, 2.75) is 27.4 Å². The van der Waals surface area contributed by atoms with Crippen LogP contribution in [0.2, 0.25) is 0 Å². The second-order valence-electron chi connectivity index (χ2n) is 4.16. The number of hydrogen-bond donors (Lipinski definition) is 1. The van der Waals surface area contributed by atoms with Crippen LogP contribution in [0.15, 0.2) is 16.7 Å². The van der Waals surface area contributed by atoms with Crippen LogP contribution in [0.1, 0.15) is 21.6 Å². The van der Waals surface area contributed by atoms with Gasteiger partial charge in [0.1, 0.15) is 9.61 Å². The summed E-state index contributed by atoms with van der Waals surface area (Å²) in [5, 5.41) is 10.2. The van der Waals surface area contributed by atoms with Crippen molar-refractivity contribution in [1.29, 1.82) is 0 Å². The summed E-state index contributed by atoms with van der Waals surface area (Å²) in [6.07, 6.45) is 0. The Morgan fingerprint density at radius 2 is 1.82 bits per heavy atom. The zero-order valence-electron chi connectivity index (χ0n) is 10.0. The summed E-state index contributed by atoms with van der Waals surface area (Å²) in [4.78, 5) is 5.35. The van der Waals surface area contributed by atoms with Gasteiger partial charge in [-0.2, -0.15) is 0 Å². The molecule has 1 aromatic heterocycles. The zero-order valence-corrected chi connectivity index (χ0v) is 12.4. The van der Waals surface area contributed by atoms with Crippen LogP contribution >= 0.6 is 27.3 Å². The van der Waals surface area contributed by atoms with Crippen LogP contribution in [-0.2, 0) is 6.61 Å². The van der Waals surface area contributed by atoms with Gasteiger partial charge in [0.25, 0.3) is 0 Å². The quantitative estimate of drug-likeness (QED) is 0.909. The molecule has 0 aliphatic heterocycles. The maximum Gasteiger partial charge on any atom is 0.125 e. The van der Waals surface area contributed by atoms with Crippen molar-refractivity contribution < 1.29 is 5.11 Å². The van der Waals surface area contributed by atoms with E-state index in [0.717, 1.165) is 14.5 Å². The van der Waals surface area contributed by atoms with Crippen LogP contribution in [-0.4, -0.2) is 10.1 Å². The van der Waals surface area contributed by atoms with Gasteiger partial charge in [0.05, 0.1) is 11.5 Å². The third kappa shape index (κ3) is 2.44. The number of rotatable bonds is 2. The molecule has 0 saturated heterocycles. The van der Waals surface area contributed by atoms with E-state index in [-0.39, 0.29) is 6.61 Å². The minimum atomic E-state index is 0.0300. The molecule has 0 bridgehead atoms. The van der Waals surface area contributed by atoms with Crippen molar-refractivity contribution in [1.82, 2.24) is 4.98 Å². The Labute approximate surface area is 113 Å². The highest BCUT2D eigenvalue weighted by Crippen LogP contribution is 2.35. The summed E-state index contributed by atoms with van der Waals surface area (Å²) in [7, 11) is 0. The lowest BCUT2D eigenvalue weighted by atomic mass is 10.0. The Hall–Kier alpha value is -0.710. The van der Waals surface area contributed by atoms with Crippen LogP contribution in [0, 0.1) is 20.8 Å². The topological polar surface area (TPSA) is 33.1 Å². The van der Waals surface area contributed by atoms with Gasteiger partial charge in [0, 0.05) is 5.56 Å². The second kappa shape index (κ2) is 4.88. The molecular weight excluding hydrogens is 298 g/mol. The predicted octanol–water partition coefficient (Wildman–Crippen LogP) is 3.99. The molecule has 0 saturated carbocycles. The molecule has 2 aromatic rings. The lowest BCUT2D eigenvalue weighted by molar-refractivity contribution is 0.284. The Kier molecular flexibility index (Phi) is 3.66. The smallest absolute Gasteiger partial charge is 0.125 e. The Morgan fingerprint density at radius 3 is 2.29 bits per heavy atom. The van der Waals surface area contributed by atoms with Gasteiger partial charge in [-0.25, -0.2) is 4.98 Å². The fourth-order valence-corrected chi connectivity index (χ4v) is 3.71. The van der Waals surface area contributed by atoms with E-state index in [1.54, 1.807) is 0 Å². The standard InChI is InChI=1S/C13H14BrNOS/c1-7-4-8(2)11(9(3)5-7)13-15-12(14)10(6-16)17-13/h4-5,16H,6H2,1-3H3. The summed E-state index contributed by atoms with van der Waals surface area (Å²) >= 11 is 4.92. The van der Waals surface area contributed by atoms with E-state index >= 15 is 0 Å². The first-order valence-electron chi connectivity index (χ1n) is 5.37. The number of nitrogens with zero attached hydrogens (tertiary/aromatic N) is 1. The zero-order chi connectivity index (χ0) is 12.6. The lowest BCUT2D eigenvalue weighted by Crippen LogP contribution is -1.89. The number of halogens is 1. The molecule has 17 heavy (non-hydrogen) atoms. The van der Waals surface area contributed by atoms with E-state index in [0.29, 0.717) is 0 Å². The molecule has 0 spiro atoms. The van der Waals surface area contributed by atoms with Crippen LogP contribution in [0.25, 0.3) is 10.6 Å². The molecule has 0 amide bonds. The molecular formula is C13H14BrNOS. The SMILES string of the molecule is Cc1cc(C)c(-c2nc(Br)c(CO)s2)c(C)c1. The van der Waals surface area contributed by atoms with E-state index in [2.05, 4.69) is 53.8 Å². The lowest BCUT2D eigenvalue weighted by Gasteiger charge is -2.08. The van der Waals surface area contributed by atoms with Crippen molar-refractivity contribution >= 4 is 27.3 Å². The molecule has 90 valence electrons. The van der Waals surface area contributed by atoms with E-state index in [9.17, 15) is 5.11 Å². The molecule has 2 nitrogen and oxygen atoms in total. The highest BCUT2D eigenvalue weighted by atomic mass is 79.9. The van der Waals surface area contributed by atoms with Crippen molar-refractivity contribution in [3.63, 3.8) is 0 Å². The highest BCUT2D eigenvalue weighted by molar-refractivity contribution is 9.10. The Bertz CT molecular complexity index is 540. The minimum absolute atomic E-state index is 0.0300. The fraction of sp³-hybridized carbons (Fsp3) is 0.308. The molecule has 0 atom stereocenters. The molecule has 0 radical (unpaired) electrons. The van der Waals surface area contributed by atoms with Gasteiger partial charge in [0.2, 0.25) is 0 Å². The van der Waals surface area contributed by atoms with Crippen molar-refractivity contribution in [3.05, 3.63) is 38.3 Å². The van der Waals surface area contributed by atoms with Crippen LogP contribution in [0.4, 0.5) is 0 Å². The fourth-order valence-electron chi connectivity index (χ4n) is 2.05. The third-order valence-corrected chi connectivity index (χ3v) is 4.66. The number of thiazole rings is 1. The maximum atomic E-state index is 9.20. The minimum Gasteiger partial charge on any atom is -0.391 e. The molecule has 2 rings (SSSR count). The maximum absolute atomic E-state index is 9.20. The first-order valence-corrected chi connectivity index (χ1v) is 6.98. The van der Waals surface area contributed by atoms with Crippen LogP contribution in [0.3, 0.4) is 0 Å². The van der Waals surface area contributed by atoms with Gasteiger partial charge in [-0.1, -0.05) is 17.7 Å². The molecule has 1 N–H and O–H groups in total. The largest absolute Gasteiger partial charge is 0.391 e. The molecule has 1 aromatic carbocycles. The molecule has 0 fully saturated rings. The van der Waals surface area contributed by atoms with Gasteiger partial charge < -0.3 is 5.11 Å². The average molecular weight is 312 g/mol. The van der Waals surface area contributed by atoms with Crippen molar-refractivity contribution in [3.8, 4) is 10.6 Å². The van der Waals surface area contributed by atoms with Gasteiger partial charge in [-0.05, 0) is 47.8 Å². The first-order chi connectivity index (χ1) is 8.02. The monoisotopic (exact) mass is 311 g/mol. The molecule has 0 aliphatic rings. The van der Waals surface area contributed by atoms with Crippen LogP contribution < -0.4 is 0 Å². The van der Waals surface area contributed by atoms with Gasteiger partial charge >= 0.3 is 0 Å². The van der Waals surface area contributed by atoms with Gasteiger partial charge in [0.15, 0.2) is 0 Å². The summed E-state index contributed by atoms with van der Waals surface area (Å²) < 4.78 is 0.749. The Morgan fingerprint density at radius 1 is 1.24 bits per heavy atom.